The molecule has 0 spiro atoms. The predicted molar refractivity (Wildman–Crippen MR) is 106 cm³/mol. The van der Waals surface area contributed by atoms with Crippen molar-refractivity contribution in [2.45, 2.75) is 45.7 Å². The molecule has 1 aromatic heterocycles. The van der Waals surface area contributed by atoms with Crippen LogP contribution in [0.25, 0.3) is 0 Å². The molecule has 1 heterocycles. The average Bonchev–Trinajstić information content (AvgIpc) is 2.64. The van der Waals surface area contributed by atoms with E-state index in [0.717, 1.165) is 28.8 Å². The average molecular weight is 368 g/mol. The molecule has 136 valence electrons. The van der Waals surface area contributed by atoms with E-state index in [1.54, 1.807) is 11.9 Å². The summed E-state index contributed by atoms with van der Waals surface area (Å²) < 4.78 is 0. The largest absolute Gasteiger partial charge is 0.341 e. The number of nitrogens with zero attached hydrogens (tertiary/aromatic N) is 3. The summed E-state index contributed by atoms with van der Waals surface area (Å²) in [7, 11) is 1.81. The van der Waals surface area contributed by atoms with Crippen LogP contribution < -0.4 is 0 Å². The highest BCUT2D eigenvalue weighted by atomic mass is 32.2. The van der Waals surface area contributed by atoms with Crippen LogP contribution in [0.5, 0.6) is 0 Å². The van der Waals surface area contributed by atoms with Gasteiger partial charge in [0.25, 0.3) is 0 Å². The highest BCUT2D eigenvalue weighted by Gasteiger charge is 2.16. The fourth-order valence-corrected chi connectivity index (χ4v) is 3.66. The molecule has 2 aromatic rings. The van der Waals surface area contributed by atoms with Crippen LogP contribution >= 0.6 is 11.8 Å². The lowest BCUT2D eigenvalue weighted by molar-refractivity contribution is -0.127. The first-order valence-electron chi connectivity index (χ1n) is 8.69. The zero-order valence-electron chi connectivity index (χ0n) is 16.1. The van der Waals surface area contributed by atoms with Crippen molar-refractivity contribution in [2.24, 2.45) is 0 Å². The number of aromatic nitrogens is 1. The van der Waals surface area contributed by atoms with Gasteiger partial charge >= 0.3 is 0 Å². The van der Waals surface area contributed by atoms with E-state index in [9.17, 15) is 10.1 Å². The minimum atomic E-state index is 0.0242. The summed E-state index contributed by atoms with van der Waals surface area (Å²) in [6.07, 6.45) is 1.01. The van der Waals surface area contributed by atoms with E-state index in [-0.39, 0.29) is 11.7 Å². The molecule has 0 radical (unpaired) electrons. The van der Waals surface area contributed by atoms with Crippen LogP contribution in [0.3, 0.4) is 0 Å². The fraction of sp³-hybridized carbons (Fsp3) is 0.381. The van der Waals surface area contributed by atoms with Crippen molar-refractivity contribution < 1.29 is 4.79 Å². The van der Waals surface area contributed by atoms with Crippen LogP contribution in [0, 0.1) is 32.1 Å². The highest BCUT2D eigenvalue weighted by molar-refractivity contribution is 8.00. The van der Waals surface area contributed by atoms with Gasteiger partial charge in [0.2, 0.25) is 5.91 Å². The smallest absolute Gasteiger partial charge is 0.233 e. The molecule has 0 aliphatic carbocycles. The number of nitriles is 1. The second-order valence-electron chi connectivity index (χ2n) is 6.45. The SMILES string of the molecule is CCc1ccc(CN(C)C(=O)CSc2nc(C)c(C)c(C)c2C#N)cc1. The van der Waals surface area contributed by atoms with Crippen molar-refractivity contribution in [1.29, 1.82) is 5.26 Å². The summed E-state index contributed by atoms with van der Waals surface area (Å²) in [4.78, 5) is 18.7. The molecule has 5 heteroatoms. The van der Waals surface area contributed by atoms with Crippen LogP contribution in [0.1, 0.15) is 40.4 Å². The molecule has 4 nitrogen and oxygen atoms in total. The topological polar surface area (TPSA) is 57.0 Å². The Kier molecular flexibility index (Phi) is 6.82. The van der Waals surface area contributed by atoms with Gasteiger partial charge in [-0.2, -0.15) is 5.26 Å². The molecule has 0 fully saturated rings. The van der Waals surface area contributed by atoms with Gasteiger partial charge in [0.05, 0.1) is 11.3 Å². The number of rotatable bonds is 6. The van der Waals surface area contributed by atoms with E-state index in [4.69, 9.17) is 0 Å². The van der Waals surface area contributed by atoms with Crippen LogP contribution in [-0.2, 0) is 17.8 Å². The Hall–Kier alpha value is -2.32. The second-order valence-corrected chi connectivity index (χ2v) is 7.41. The van der Waals surface area contributed by atoms with Gasteiger partial charge in [-0.25, -0.2) is 4.98 Å². The maximum Gasteiger partial charge on any atom is 0.233 e. The number of thioether (sulfide) groups is 1. The summed E-state index contributed by atoms with van der Waals surface area (Å²) in [6.45, 7) is 8.53. The Morgan fingerprint density at radius 1 is 1.15 bits per heavy atom. The molecule has 0 aliphatic rings. The normalized spacial score (nSPS) is 10.5. The van der Waals surface area contributed by atoms with Crippen molar-refractivity contribution in [3.63, 3.8) is 0 Å². The standard InChI is InChI=1S/C21H25N3OS/c1-6-17-7-9-18(10-8-17)12-24(5)20(25)13-26-21-19(11-22)15(3)14(2)16(4)23-21/h7-10H,6,12-13H2,1-5H3. The third-order valence-corrected chi connectivity index (χ3v) is 5.64. The summed E-state index contributed by atoms with van der Waals surface area (Å²) in [5.41, 5.74) is 5.85. The first-order chi connectivity index (χ1) is 12.4. The number of amides is 1. The minimum Gasteiger partial charge on any atom is -0.341 e. The summed E-state index contributed by atoms with van der Waals surface area (Å²) >= 11 is 1.34. The van der Waals surface area contributed by atoms with Gasteiger partial charge in [0.1, 0.15) is 11.1 Å². The number of aryl methyl sites for hydroxylation is 2. The van der Waals surface area contributed by atoms with Crippen molar-refractivity contribution in [2.75, 3.05) is 12.8 Å². The van der Waals surface area contributed by atoms with E-state index >= 15 is 0 Å². The van der Waals surface area contributed by atoms with Gasteiger partial charge in [-0.1, -0.05) is 43.0 Å². The molecule has 0 atom stereocenters. The van der Waals surface area contributed by atoms with Crippen molar-refractivity contribution in [3.05, 3.63) is 57.8 Å². The molecule has 0 saturated heterocycles. The van der Waals surface area contributed by atoms with Crippen molar-refractivity contribution >= 4 is 17.7 Å². The van der Waals surface area contributed by atoms with Gasteiger partial charge in [0.15, 0.2) is 0 Å². The Morgan fingerprint density at radius 3 is 2.35 bits per heavy atom. The van der Waals surface area contributed by atoms with Crippen molar-refractivity contribution in [1.82, 2.24) is 9.88 Å². The Balaban J connectivity index is 2.03. The molecule has 26 heavy (non-hydrogen) atoms. The van der Waals surface area contributed by atoms with Gasteiger partial charge < -0.3 is 4.90 Å². The van der Waals surface area contributed by atoms with Crippen LogP contribution in [0.4, 0.5) is 0 Å². The molecule has 1 amide bonds. The van der Waals surface area contributed by atoms with E-state index in [0.29, 0.717) is 17.1 Å². The molecule has 0 unspecified atom stereocenters. The monoisotopic (exact) mass is 367 g/mol. The van der Waals surface area contributed by atoms with Crippen molar-refractivity contribution in [3.8, 4) is 6.07 Å². The molecular formula is C21H25N3OS. The van der Waals surface area contributed by atoms with E-state index < -0.39 is 0 Å². The predicted octanol–water partition coefficient (Wildman–Crippen LogP) is 4.19. The van der Waals surface area contributed by atoms with E-state index in [1.807, 2.05) is 20.8 Å². The first-order valence-corrected chi connectivity index (χ1v) is 9.68. The van der Waals surface area contributed by atoms with Gasteiger partial charge in [-0.3, -0.25) is 4.79 Å². The van der Waals surface area contributed by atoms with Gasteiger partial charge in [-0.05, 0) is 49.4 Å². The molecule has 1 aromatic carbocycles. The minimum absolute atomic E-state index is 0.0242. The lowest BCUT2D eigenvalue weighted by Gasteiger charge is -2.18. The quantitative estimate of drug-likeness (QED) is 0.718. The van der Waals surface area contributed by atoms with E-state index in [1.165, 1.54) is 17.3 Å². The molecular weight excluding hydrogens is 342 g/mol. The van der Waals surface area contributed by atoms with Gasteiger partial charge in [-0.15, -0.1) is 0 Å². The molecule has 0 aliphatic heterocycles. The number of carbonyl (C=O) groups excluding carboxylic acids is 1. The number of carbonyl (C=O) groups is 1. The molecule has 2 rings (SSSR count). The maximum absolute atomic E-state index is 12.5. The van der Waals surface area contributed by atoms with E-state index in [2.05, 4.69) is 42.2 Å². The summed E-state index contributed by atoms with van der Waals surface area (Å²) in [5.74, 6) is 0.295. The molecule has 0 saturated carbocycles. The maximum atomic E-state index is 12.5. The Bertz CT molecular complexity index is 838. The fourth-order valence-electron chi connectivity index (χ4n) is 2.63. The molecule has 0 N–H and O–H groups in total. The lowest BCUT2D eigenvalue weighted by Crippen LogP contribution is -2.27. The van der Waals surface area contributed by atoms with Crippen LogP contribution in [0.2, 0.25) is 0 Å². The Labute approximate surface area is 160 Å². The number of hydrogen-bond acceptors (Lipinski definition) is 4. The summed E-state index contributed by atoms with van der Waals surface area (Å²) in [6, 6.07) is 10.6. The first kappa shape index (κ1) is 20.0. The zero-order chi connectivity index (χ0) is 19.3. The summed E-state index contributed by atoms with van der Waals surface area (Å²) in [5, 5.41) is 10.1. The number of pyridine rings is 1. The van der Waals surface area contributed by atoms with Crippen LogP contribution in [0.15, 0.2) is 29.3 Å². The van der Waals surface area contributed by atoms with Gasteiger partial charge in [0, 0.05) is 19.3 Å². The number of hydrogen-bond donors (Lipinski definition) is 0. The third kappa shape index (κ3) is 4.64. The third-order valence-electron chi connectivity index (χ3n) is 4.68. The second kappa shape index (κ2) is 8.86. The molecule has 0 bridgehead atoms. The van der Waals surface area contributed by atoms with Crippen LogP contribution in [-0.4, -0.2) is 28.6 Å². The zero-order valence-corrected chi connectivity index (χ0v) is 16.9. The highest BCUT2D eigenvalue weighted by Crippen LogP contribution is 2.26. The Morgan fingerprint density at radius 2 is 1.77 bits per heavy atom. The number of benzene rings is 1. The lowest BCUT2D eigenvalue weighted by atomic mass is 10.1.